The van der Waals surface area contributed by atoms with Crippen LogP contribution in [0.3, 0.4) is 0 Å². The van der Waals surface area contributed by atoms with Gasteiger partial charge in [0.1, 0.15) is 0 Å². The number of anilines is 1. The summed E-state index contributed by atoms with van der Waals surface area (Å²) in [4.78, 5) is 12.0. The Balaban J connectivity index is 2.01. The predicted octanol–water partition coefficient (Wildman–Crippen LogP) is 2.83. The molecule has 0 heterocycles. The zero-order valence-corrected chi connectivity index (χ0v) is 12.1. The number of nitriles is 1. The number of nitrogen functional groups attached to an aromatic ring is 1. The van der Waals surface area contributed by atoms with Crippen molar-refractivity contribution in [2.45, 2.75) is 6.54 Å². The normalized spacial score (nSPS) is 9.80. The van der Waals surface area contributed by atoms with Gasteiger partial charge in [0.25, 0.3) is 5.91 Å². The lowest BCUT2D eigenvalue weighted by atomic mass is 10.1. The molecule has 0 fully saturated rings. The van der Waals surface area contributed by atoms with E-state index in [1.165, 1.54) is 0 Å². The van der Waals surface area contributed by atoms with Gasteiger partial charge in [-0.3, -0.25) is 4.79 Å². The molecule has 0 unspecified atom stereocenters. The van der Waals surface area contributed by atoms with Crippen molar-refractivity contribution in [3.63, 3.8) is 0 Å². The van der Waals surface area contributed by atoms with Gasteiger partial charge in [-0.25, -0.2) is 0 Å². The third-order valence-corrected chi connectivity index (χ3v) is 3.52. The minimum atomic E-state index is -0.187. The molecular weight excluding hydrogens is 318 g/mol. The summed E-state index contributed by atoms with van der Waals surface area (Å²) in [5.41, 5.74) is 8.31. The Morgan fingerprint density at radius 1 is 1.25 bits per heavy atom. The van der Waals surface area contributed by atoms with Crippen LogP contribution >= 0.6 is 15.9 Å². The van der Waals surface area contributed by atoms with Crippen LogP contribution in [0.1, 0.15) is 21.5 Å². The van der Waals surface area contributed by atoms with E-state index in [1.54, 1.807) is 30.3 Å². The fourth-order valence-electron chi connectivity index (χ4n) is 1.67. The van der Waals surface area contributed by atoms with Crippen LogP contribution in [-0.2, 0) is 6.54 Å². The summed E-state index contributed by atoms with van der Waals surface area (Å²) in [5.74, 6) is -0.187. The van der Waals surface area contributed by atoms with Gasteiger partial charge in [-0.15, -0.1) is 0 Å². The van der Waals surface area contributed by atoms with E-state index >= 15 is 0 Å². The van der Waals surface area contributed by atoms with Gasteiger partial charge >= 0.3 is 0 Å². The van der Waals surface area contributed by atoms with Gasteiger partial charge in [0.05, 0.1) is 11.6 Å². The molecule has 100 valence electrons. The highest BCUT2D eigenvalue weighted by Crippen LogP contribution is 2.20. The van der Waals surface area contributed by atoms with Crippen LogP contribution in [0.25, 0.3) is 0 Å². The first kappa shape index (κ1) is 14.1. The van der Waals surface area contributed by atoms with Crippen LogP contribution < -0.4 is 11.1 Å². The van der Waals surface area contributed by atoms with Crippen molar-refractivity contribution in [3.8, 4) is 6.07 Å². The maximum Gasteiger partial charge on any atom is 0.251 e. The number of hydrogen-bond acceptors (Lipinski definition) is 3. The lowest BCUT2D eigenvalue weighted by Gasteiger charge is -2.07. The van der Waals surface area contributed by atoms with E-state index in [0.717, 1.165) is 10.0 Å². The molecular formula is C15H12BrN3O. The molecule has 5 heteroatoms. The van der Waals surface area contributed by atoms with Gasteiger partial charge in [-0.1, -0.05) is 12.1 Å². The molecule has 2 aromatic carbocycles. The van der Waals surface area contributed by atoms with Crippen LogP contribution in [0.5, 0.6) is 0 Å². The average molecular weight is 330 g/mol. The summed E-state index contributed by atoms with van der Waals surface area (Å²) in [5, 5.41) is 11.5. The molecule has 4 nitrogen and oxygen atoms in total. The molecule has 0 aliphatic rings. The summed E-state index contributed by atoms with van der Waals surface area (Å²) in [6, 6.07) is 14.2. The lowest BCUT2D eigenvalue weighted by molar-refractivity contribution is 0.0951. The zero-order chi connectivity index (χ0) is 14.5. The third kappa shape index (κ3) is 3.37. The van der Waals surface area contributed by atoms with Crippen LogP contribution in [0, 0.1) is 11.3 Å². The maximum absolute atomic E-state index is 12.0. The molecule has 20 heavy (non-hydrogen) atoms. The largest absolute Gasteiger partial charge is 0.398 e. The summed E-state index contributed by atoms with van der Waals surface area (Å²) >= 11 is 3.28. The van der Waals surface area contributed by atoms with Crippen molar-refractivity contribution in [1.82, 2.24) is 5.32 Å². The zero-order valence-electron chi connectivity index (χ0n) is 10.6. The number of carbonyl (C=O) groups is 1. The topological polar surface area (TPSA) is 78.9 Å². The molecule has 0 bridgehead atoms. The maximum atomic E-state index is 12.0. The van der Waals surface area contributed by atoms with Crippen molar-refractivity contribution in [2.24, 2.45) is 0 Å². The van der Waals surface area contributed by atoms with E-state index < -0.39 is 0 Å². The number of rotatable bonds is 3. The second-order valence-corrected chi connectivity index (χ2v) is 5.08. The SMILES string of the molecule is N#Cc1ccc(CNC(=O)c2ccc(Br)c(N)c2)cc1. The van der Waals surface area contributed by atoms with Gasteiger partial charge in [-0.2, -0.15) is 5.26 Å². The molecule has 0 atom stereocenters. The molecule has 2 rings (SSSR count). The Kier molecular flexibility index (Phi) is 4.38. The fourth-order valence-corrected chi connectivity index (χ4v) is 1.91. The lowest BCUT2D eigenvalue weighted by Crippen LogP contribution is -2.22. The Bertz CT molecular complexity index is 675. The van der Waals surface area contributed by atoms with Crippen LogP contribution in [-0.4, -0.2) is 5.91 Å². The fraction of sp³-hybridized carbons (Fsp3) is 0.0667. The molecule has 0 aliphatic heterocycles. The number of hydrogen-bond donors (Lipinski definition) is 2. The molecule has 0 radical (unpaired) electrons. The Labute approximate surface area is 125 Å². The molecule has 0 saturated carbocycles. The van der Waals surface area contributed by atoms with Crippen molar-refractivity contribution < 1.29 is 4.79 Å². The summed E-state index contributed by atoms with van der Waals surface area (Å²) in [7, 11) is 0. The number of benzene rings is 2. The standard InChI is InChI=1S/C15H12BrN3O/c16-13-6-5-12(7-14(13)18)15(20)19-9-11-3-1-10(8-17)2-4-11/h1-7H,9,18H2,(H,19,20). The second kappa shape index (κ2) is 6.22. The molecule has 0 aromatic heterocycles. The number of halogens is 1. The third-order valence-electron chi connectivity index (χ3n) is 2.79. The van der Waals surface area contributed by atoms with Crippen LogP contribution in [0.2, 0.25) is 0 Å². The Morgan fingerprint density at radius 2 is 1.95 bits per heavy atom. The number of nitrogens with two attached hydrogens (primary N) is 1. The number of carbonyl (C=O) groups excluding carboxylic acids is 1. The van der Waals surface area contributed by atoms with E-state index in [-0.39, 0.29) is 5.91 Å². The predicted molar refractivity (Wildman–Crippen MR) is 80.9 cm³/mol. The first-order valence-electron chi connectivity index (χ1n) is 5.92. The van der Waals surface area contributed by atoms with Crippen molar-refractivity contribution in [3.05, 3.63) is 63.6 Å². The second-order valence-electron chi connectivity index (χ2n) is 4.23. The van der Waals surface area contributed by atoms with Gasteiger partial charge in [0.15, 0.2) is 0 Å². The average Bonchev–Trinajstić information content (AvgIpc) is 2.48. The van der Waals surface area contributed by atoms with E-state index in [0.29, 0.717) is 23.4 Å². The number of amides is 1. The summed E-state index contributed by atoms with van der Waals surface area (Å²) in [6.45, 7) is 0.403. The van der Waals surface area contributed by atoms with E-state index in [9.17, 15) is 4.79 Å². The van der Waals surface area contributed by atoms with Gasteiger partial charge in [0, 0.05) is 22.3 Å². The minimum Gasteiger partial charge on any atom is -0.398 e. The number of nitrogens with zero attached hydrogens (tertiary/aromatic N) is 1. The Hall–Kier alpha value is -2.32. The highest BCUT2D eigenvalue weighted by atomic mass is 79.9. The van der Waals surface area contributed by atoms with E-state index in [2.05, 4.69) is 27.3 Å². The molecule has 0 aliphatic carbocycles. The molecule has 0 saturated heterocycles. The quantitative estimate of drug-likeness (QED) is 0.850. The van der Waals surface area contributed by atoms with Crippen LogP contribution in [0.4, 0.5) is 5.69 Å². The molecule has 2 aromatic rings. The number of nitrogens with one attached hydrogen (secondary N) is 1. The van der Waals surface area contributed by atoms with E-state index in [1.807, 2.05) is 12.1 Å². The van der Waals surface area contributed by atoms with E-state index in [4.69, 9.17) is 11.0 Å². The summed E-state index contributed by atoms with van der Waals surface area (Å²) < 4.78 is 0.765. The van der Waals surface area contributed by atoms with Gasteiger partial charge in [-0.05, 0) is 51.8 Å². The first-order valence-corrected chi connectivity index (χ1v) is 6.71. The smallest absolute Gasteiger partial charge is 0.251 e. The van der Waals surface area contributed by atoms with Crippen molar-refractivity contribution in [1.29, 1.82) is 5.26 Å². The Morgan fingerprint density at radius 3 is 2.55 bits per heavy atom. The van der Waals surface area contributed by atoms with Crippen LogP contribution in [0.15, 0.2) is 46.9 Å². The highest BCUT2D eigenvalue weighted by molar-refractivity contribution is 9.10. The molecule has 1 amide bonds. The highest BCUT2D eigenvalue weighted by Gasteiger charge is 2.07. The minimum absolute atomic E-state index is 0.187. The van der Waals surface area contributed by atoms with Gasteiger partial charge < -0.3 is 11.1 Å². The first-order chi connectivity index (χ1) is 9.60. The van der Waals surface area contributed by atoms with Crippen molar-refractivity contribution >= 4 is 27.5 Å². The van der Waals surface area contributed by atoms with Gasteiger partial charge in [0.2, 0.25) is 0 Å². The summed E-state index contributed by atoms with van der Waals surface area (Å²) in [6.07, 6.45) is 0. The monoisotopic (exact) mass is 329 g/mol. The molecule has 0 spiro atoms. The molecule has 3 N–H and O–H groups in total. The van der Waals surface area contributed by atoms with Crippen molar-refractivity contribution in [2.75, 3.05) is 5.73 Å².